The molecule has 0 aliphatic heterocycles. The van der Waals surface area contributed by atoms with Crippen LogP contribution in [-0.2, 0) is 16.6 Å². The molecule has 3 heteroatoms. The topological polar surface area (TPSA) is 63.3 Å². The monoisotopic (exact) mass is 249 g/mol. The molecule has 1 aromatic rings. The molecule has 1 unspecified atom stereocenters. The maximum atomic E-state index is 10.6. The van der Waals surface area contributed by atoms with Gasteiger partial charge in [0.25, 0.3) is 0 Å². The van der Waals surface area contributed by atoms with E-state index in [2.05, 4.69) is 45.9 Å². The van der Waals surface area contributed by atoms with E-state index in [-0.39, 0.29) is 17.9 Å². The van der Waals surface area contributed by atoms with Crippen molar-refractivity contribution in [3.05, 3.63) is 34.9 Å². The number of carboxylic acids is 1. The van der Waals surface area contributed by atoms with Crippen LogP contribution in [0.15, 0.2) is 18.2 Å². The minimum absolute atomic E-state index is 0.0143. The highest BCUT2D eigenvalue weighted by atomic mass is 16.4. The van der Waals surface area contributed by atoms with Crippen molar-refractivity contribution in [3.8, 4) is 0 Å². The van der Waals surface area contributed by atoms with Gasteiger partial charge in [-0.3, -0.25) is 4.79 Å². The maximum Gasteiger partial charge on any atom is 0.304 e. The van der Waals surface area contributed by atoms with Crippen LogP contribution in [0.5, 0.6) is 0 Å². The Hall–Kier alpha value is -1.35. The molecular formula is C15H23NO2. The van der Waals surface area contributed by atoms with Crippen LogP contribution in [0.4, 0.5) is 0 Å². The van der Waals surface area contributed by atoms with Gasteiger partial charge in [-0.15, -0.1) is 0 Å². The van der Waals surface area contributed by atoms with Crippen LogP contribution in [0.1, 0.15) is 43.9 Å². The fourth-order valence-electron chi connectivity index (χ4n) is 1.97. The van der Waals surface area contributed by atoms with E-state index in [9.17, 15) is 4.79 Å². The summed E-state index contributed by atoms with van der Waals surface area (Å²) in [5.74, 6) is -0.841. The van der Waals surface area contributed by atoms with Gasteiger partial charge in [-0.05, 0) is 35.4 Å². The summed E-state index contributed by atoms with van der Waals surface area (Å²) >= 11 is 0. The first-order valence-corrected chi connectivity index (χ1v) is 6.27. The predicted molar refractivity (Wildman–Crippen MR) is 73.8 cm³/mol. The first-order chi connectivity index (χ1) is 8.20. The molecule has 0 heterocycles. The van der Waals surface area contributed by atoms with Gasteiger partial charge in [-0.2, -0.15) is 0 Å². The lowest BCUT2D eigenvalue weighted by Crippen LogP contribution is -2.26. The molecule has 3 nitrogen and oxygen atoms in total. The molecule has 0 fully saturated rings. The molecular weight excluding hydrogens is 226 g/mol. The summed E-state index contributed by atoms with van der Waals surface area (Å²) in [6.07, 6.45) is 0.628. The van der Waals surface area contributed by atoms with Gasteiger partial charge < -0.3 is 10.8 Å². The zero-order valence-electron chi connectivity index (χ0n) is 11.7. The lowest BCUT2D eigenvalue weighted by atomic mass is 9.84. The Labute approximate surface area is 109 Å². The van der Waals surface area contributed by atoms with E-state index in [1.807, 2.05) is 0 Å². The van der Waals surface area contributed by atoms with Gasteiger partial charge in [-0.25, -0.2) is 0 Å². The molecule has 0 spiro atoms. The molecule has 0 radical (unpaired) electrons. The number of nitrogens with two attached hydrogens (primary N) is 1. The molecule has 1 rings (SSSR count). The SMILES string of the molecule is Cc1cc(C(C)(C)C)ccc1CC(N)CC(=O)O. The molecule has 1 atom stereocenters. The van der Waals surface area contributed by atoms with Crippen molar-refractivity contribution >= 4 is 5.97 Å². The smallest absolute Gasteiger partial charge is 0.304 e. The van der Waals surface area contributed by atoms with E-state index in [1.165, 1.54) is 11.1 Å². The maximum absolute atomic E-state index is 10.6. The molecule has 0 saturated heterocycles. The molecule has 1 aromatic carbocycles. The molecule has 0 aliphatic carbocycles. The highest BCUT2D eigenvalue weighted by Gasteiger charge is 2.15. The molecule has 0 aliphatic rings. The van der Waals surface area contributed by atoms with Crippen molar-refractivity contribution < 1.29 is 9.90 Å². The Morgan fingerprint density at radius 2 is 2.00 bits per heavy atom. The van der Waals surface area contributed by atoms with Crippen LogP contribution in [0.2, 0.25) is 0 Å². The molecule has 0 aromatic heterocycles. The molecule has 3 N–H and O–H groups in total. The van der Waals surface area contributed by atoms with E-state index in [0.717, 1.165) is 5.56 Å². The standard InChI is InChI=1S/C15H23NO2/c1-10-7-12(15(2,3)4)6-5-11(10)8-13(16)9-14(17)18/h5-7,13H,8-9,16H2,1-4H3,(H,17,18). The summed E-state index contributed by atoms with van der Waals surface area (Å²) in [4.78, 5) is 10.6. The average Bonchev–Trinajstić information content (AvgIpc) is 2.18. The van der Waals surface area contributed by atoms with Crippen LogP contribution in [0.3, 0.4) is 0 Å². The van der Waals surface area contributed by atoms with Gasteiger partial charge in [0, 0.05) is 6.04 Å². The second-order valence-electron chi connectivity index (χ2n) is 5.95. The summed E-state index contributed by atoms with van der Waals surface area (Å²) in [6.45, 7) is 8.59. The summed E-state index contributed by atoms with van der Waals surface area (Å²) in [6, 6.07) is 6.03. The number of carboxylic acid groups (broad SMARTS) is 1. The first kappa shape index (κ1) is 14.7. The third-order valence-electron chi connectivity index (χ3n) is 3.13. The third kappa shape index (κ3) is 4.15. The minimum Gasteiger partial charge on any atom is -0.481 e. The summed E-state index contributed by atoms with van der Waals surface area (Å²) in [5, 5.41) is 8.70. The number of rotatable bonds is 4. The zero-order chi connectivity index (χ0) is 13.9. The molecule has 100 valence electrons. The van der Waals surface area contributed by atoms with E-state index in [1.54, 1.807) is 0 Å². The fourth-order valence-corrected chi connectivity index (χ4v) is 1.97. The highest BCUT2D eigenvalue weighted by molar-refractivity contribution is 5.67. The fraction of sp³-hybridized carbons (Fsp3) is 0.533. The van der Waals surface area contributed by atoms with Crippen molar-refractivity contribution in [3.63, 3.8) is 0 Å². The Bertz CT molecular complexity index is 433. The Morgan fingerprint density at radius 1 is 1.39 bits per heavy atom. The summed E-state index contributed by atoms with van der Waals surface area (Å²) in [5.41, 5.74) is 9.56. The molecule has 18 heavy (non-hydrogen) atoms. The van der Waals surface area contributed by atoms with Gasteiger partial charge in [0.05, 0.1) is 6.42 Å². The first-order valence-electron chi connectivity index (χ1n) is 6.27. The zero-order valence-corrected chi connectivity index (χ0v) is 11.7. The third-order valence-corrected chi connectivity index (χ3v) is 3.13. The number of hydrogen-bond donors (Lipinski definition) is 2. The number of aliphatic carboxylic acids is 1. The number of aryl methyl sites for hydroxylation is 1. The van der Waals surface area contributed by atoms with Gasteiger partial charge in [-0.1, -0.05) is 39.0 Å². The van der Waals surface area contributed by atoms with Crippen molar-refractivity contribution in [1.29, 1.82) is 0 Å². The Balaban J connectivity index is 2.83. The van der Waals surface area contributed by atoms with Crippen molar-refractivity contribution in [2.45, 2.75) is 52.0 Å². The van der Waals surface area contributed by atoms with Crippen LogP contribution in [-0.4, -0.2) is 17.1 Å². The largest absolute Gasteiger partial charge is 0.481 e. The van der Waals surface area contributed by atoms with Crippen molar-refractivity contribution in [1.82, 2.24) is 0 Å². The molecule has 0 amide bonds. The number of benzene rings is 1. The second-order valence-corrected chi connectivity index (χ2v) is 5.95. The Kier molecular flexibility index (Phi) is 4.52. The molecule has 0 bridgehead atoms. The average molecular weight is 249 g/mol. The van der Waals surface area contributed by atoms with Gasteiger partial charge in [0.15, 0.2) is 0 Å². The normalized spacial score (nSPS) is 13.4. The summed E-state index contributed by atoms with van der Waals surface area (Å²) < 4.78 is 0. The number of hydrogen-bond acceptors (Lipinski definition) is 2. The van der Waals surface area contributed by atoms with Gasteiger partial charge in [0.2, 0.25) is 0 Å². The lowest BCUT2D eigenvalue weighted by molar-refractivity contribution is -0.137. The van der Waals surface area contributed by atoms with Crippen LogP contribution >= 0.6 is 0 Å². The van der Waals surface area contributed by atoms with E-state index in [4.69, 9.17) is 10.8 Å². The Morgan fingerprint density at radius 3 is 2.44 bits per heavy atom. The van der Waals surface area contributed by atoms with Gasteiger partial charge in [0.1, 0.15) is 0 Å². The van der Waals surface area contributed by atoms with E-state index in [0.29, 0.717) is 6.42 Å². The quantitative estimate of drug-likeness (QED) is 0.862. The van der Waals surface area contributed by atoms with Crippen molar-refractivity contribution in [2.75, 3.05) is 0 Å². The summed E-state index contributed by atoms with van der Waals surface area (Å²) in [7, 11) is 0. The van der Waals surface area contributed by atoms with Gasteiger partial charge >= 0.3 is 5.97 Å². The molecule has 0 saturated carbocycles. The number of carbonyl (C=O) groups is 1. The van der Waals surface area contributed by atoms with Crippen LogP contribution in [0.25, 0.3) is 0 Å². The lowest BCUT2D eigenvalue weighted by Gasteiger charge is -2.21. The van der Waals surface area contributed by atoms with Crippen LogP contribution in [0, 0.1) is 6.92 Å². The van der Waals surface area contributed by atoms with Crippen LogP contribution < -0.4 is 5.73 Å². The van der Waals surface area contributed by atoms with Crippen molar-refractivity contribution in [2.24, 2.45) is 5.73 Å². The predicted octanol–water partition coefficient (Wildman–Crippen LogP) is 2.64. The van der Waals surface area contributed by atoms with E-state index < -0.39 is 5.97 Å². The minimum atomic E-state index is -0.841. The second kappa shape index (κ2) is 5.53. The van der Waals surface area contributed by atoms with E-state index >= 15 is 0 Å². The highest BCUT2D eigenvalue weighted by Crippen LogP contribution is 2.24.